The summed E-state index contributed by atoms with van der Waals surface area (Å²) in [6, 6.07) is 12.1. The van der Waals surface area contributed by atoms with E-state index in [1.165, 1.54) is 31.4 Å². The number of carbonyl (C=O) groups excluding carboxylic acids is 2. The molecule has 0 aliphatic rings. The zero-order valence-electron chi connectivity index (χ0n) is 13.7. The van der Waals surface area contributed by atoms with Crippen LogP contribution in [0.15, 0.2) is 53.4 Å². The summed E-state index contributed by atoms with van der Waals surface area (Å²) in [4.78, 5) is 23.9. The number of ether oxygens (including phenoxy) is 2. The third-order valence-electron chi connectivity index (χ3n) is 3.23. The Labute approximate surface area is 145 Å². The number of methoxy groups -OCH3 is 1. The lowest BCUT2D eigenvalue weighted by molar-refractivity contribution is -0.119. The normalized spacial score (nSPS) is 10.8. The van der Waals surface area contributed by atoms with Crippen LogP contribution in [0.1, 0.15) is 10.4 Å². The zero-order valence-corrected chi connectivity index (χ0v) is 14.5. The van der Waals surface area contributed by atoms with E-state index in [2.05, 4.69) is 5.32 Å². The van der Waals surface area contributed by atoms with E-state index in [9.17, 15) is 18.0 Å². The van der Waals surface area contributed by atoms with E-state index in [1.54, 1.807) is 24.3 Å². The molecule has 0 spiro atoms. The molecule has 0 aromatic heterocycles. The van der Waals surface area contributed by atoms with Crippen LogP contribution in [0, 0.1) is 0 Å². The smallest absolute Gasteiger partial charge is 0.338 e. The van der Waals surface area contributed by atoms with E-state index in [0.717, 1.165) is 6.26 Å². The highest BCUT2D eigenvalue weighted by Crippen LogP contribution is 2.22. The van der Waals surface area contributed by atoms with Gasteiger partial charge < -0.3 is 14.8 Å². The van der Waals surface area contributed by atoms with Crippen molar-refractivity contribution in [3.05, 3.63) is 54.1 Å². The van der Waals surface area contributed by atoms with E-state index in [0.29, 0.717) is 11.4 Å². The molecular weight excluding hydrogens is 346 g/mol. The molecule has 1 amide bonds. The van der Waals surface area contributed by atoms with Gasteiger partial charge in [0, 0.05) is 6.26 Å². The highest BCUT2D eigenvalue weighted by molar-refractivity contribution is 7.90. The Hall–Kier alpha value is -2.87. The highest BCUT2D eigenvalue weighted by Gasteiger charge is 2.13. The fraction of sp³-hybridized carbons (Fsp3) is 0.176. The van der Waals surface area contributed by atoms with Crippen molar-refractivity contribution in [3.8, 4) is 5.75 Å². The van der Waals surface area contributed by atoms with Crippen LogP contribution in [0.25, 0.3) is 0 Å². The molecule has 0 radical (unpaired) electrons. The Balaban J connectivity index is 1.94. The first kappa shape index (κ1) is 18.5. The van der Waals surface area contributed by atoms with Crippen LogP contribution in [0.3, 0.4) is 0 Å². The topological polar surface area (TPSA) is 98.8 Å². The van der Waals surface area contributed by atoms with Crippen molar-refractivity contribution in [1.29, 1.82) is 0 Å². The lowest BCUT2D eigenvalue weighted by Gasteiger charge is -2.10. The van der Waals surface area contributed by atoms with Crippen molar-refractivity contribution in [2.75, 3.05) is 25.3 Å². The van der Waals surface area contributed by atoms with Gasteiger partial charge in [-0.05, 0) is 36.4 Å². The third-order valence-corrected chi connectivity index (χ3v) is 4.36. The number of esters is 1. The molecule has 8 heteroatoms. The summed E-state index contributed by atoms with van der Waals surface area (Å²) in [6.45, 7) is -0.481. The van der Waals surface area contributed by atoms with Gasteiger partial charge in [-0.3, -0.25) is 4.79 Å². The molecule has 7 nitrogen and oxygen atoms in total. The second kappa shape index (κ2) is 7.80. The molecule has 0 heterocycles. The van der Waals surface area contributed by atoms with Crippen molar-refractivity contribution in [1.82, 2.24) is 0 Å². The van der Waals surface area contributed by atoms with Gasteiger partial charge in [-0.25, -0.2) is 13.2 Å². The Morgan fingerprint density at radius 3 is 2.28 bits per heavy atom. The Morgan fingerprint density at radius 1 is 1.04 bits per heavy atom. The molecule has 2 aromatic carbocycles. The van der Waals surface area contributed by atoms with Crippen LogP contribution in [0.4, 0.5) is 5.69 Å². The summed E-state index contributed by atoms with van der Waals surface area (Å²) in [5.41, 5.74) is 0.612. The minimum Gasteiger partial charge on any atom is -0.495 e. The van der Waals surface area contributed by atoms with Gasteiger partial charge in [-0.1, -0.05) is 12.1 Å². The average molecular weight is 363 g/mol. The molecule has 0 unspecified atom stereocenters. The maximum absolute atomic E-state index is 11.9. The monoisotopic (exact) mass is 363 g/mol. The lowest BCUT2D eigenvalue weighted by atomic mass is 10.2. The van der Waals surface area contributed by atoms with Gasteiger partial charge in [0.2, 0.25) is 0 Å². The fourth-order valence-electron chi connectivity index (χ4n) is 1.99. The summed E-state index contributed by atoms with van der Waals surface area (Å²) in [5.74, 6) is -0.764. The molecule has 2 aromatic rings. The molecule has 1 N–H and O–H groups in total. The van der Waals surface area contributed by atoms with Crippen molar-refractivity contribution >= 4 is 27.4 Å². The van der Waals surface area contributed by atoms with Gasteiger partial charge in [0.25, 0.3) is 5.91 Å². The number of nitrogens with one attached hydrogen (secondary N) is 1. The fourth-order valence-corrected chi connectivity index (χ4v) is 2.62. The quantitative estimate of drug-likeness (QED) is 0.787. The van der Waals surface area contributed by atoms with Gasteiger partial charge in [0.1, 0.15) is 5.75 Å². The van der Waals surface area contributed by atoms with Crippen LogP contribution in [-0.2, 0) is 19.4 Å². The number of sulfone groups is 1. The SMILES string of the molecule is COc1ccccc1NC(=O)COC(=O)c1ccc(S(C)(=O)=O)cc1. The first-order valence-electron chi connectivity index (χ1n) is 7.21. The number of amides is 1. The van der Waals surface area contributed by atoms with Crippen LogP contribution < -0.4 is 10.1 Å². The van der Waals surface area contributed by atoms with E-state index in [4.69, 9.17) is 9.47 Å². The molecule has 0 fully saturated rings. The van der Waals surface area contributed by atoms with Gasteiger partial charge in [-0.15, -0.1) is 0 Å². The Morgan fingerprint density at radius 2 is 1.68 bits per heavy atom. The second-order valence-corrected chi connectivity index (χ2v) is 7.14. The maximum atomic E-state index is 11.9. The van der Waals surface area contributed by atoms with Gasteiger partial charge in [0.05, 0.1) is 23.3 Å². The van der Waals surface area contributed by atoms with E-state index in [1.807, 2.05) is 0 Å². The average Bonchev–Trinajstić information content (AvgIpc) is 2.59. The number of rotatable bonds is 6. The molecule has 0 saturated carbocycles. The third kappa shape index (κ3) is 5.05. The summed E-state index contributed by atoms with van der Waals surface area (Å²) in [7, 11) is -1.86. The number of carbonyl (C=O) groups is 2. The molecule has 132 valence electrons. The number of benzene rings is 2. The zero-order chi connectivity index (χ0) is 18.4. The van der Waals surface area contributed by atoms with Crippen LogP contribution >= 0.6 is 0 Å². The lowest BCUT2D eigenvalue weighted by Crippen LogP contribution is -2.21. The summed E-state index contributed by atoms with van der Waals surface area (Å²) in [6.07, 6.45) is 1.07. The van der Waals surface area contributed by atoms with Crippen molar-refractivity contribution in [2.24, 2.45) is 0 Å². The van der Waals surface area contributed by atoms with Gasteiger partial charge in [-0.2, -0.15) is 0 Å². The van der Waals surface area contributed by atoms with E-state index < -0.39 is 28.3 Å². The first-order valence-corrected chi connectivity index (χ1v) is 9.10. The summed E-state index contributed by atoms with van der Waals surface area (Å²) in [5, 5.41) is 2.58. The van der Waals surface area contributed by atoms with Crippen molar-refractivity contribution in [3.63, 3.8) is 0 Å². The van der Waals surface area contributed by atoms with Crippen LogP contribution in [0.2, 0.25) is 0 Å². The Kier molecular flexibility index (Phi) is 5.76. The number of hydrogen-bond donors (Lipinski definition) is 1. The van der Waals surface area contributed by atoms with E-state index >= 15 is 0 Å². The van der Waals surface area contributed by atoms with Gasteiger partial charge >= 0.3 is 5.97 Å². The minimum atomic E-state index is -3.34. The molecule has 0 aliphatic carbocycles. The maximum Gasteiger partial charge on any atom is 0.338 e. The number of para-hydroxylation sites is 2. The molecule has 25 heavy (non-hydrogen) atoms. The van der Waals surface area contributed by atoms with E-state index in [-0.39, 0.29) is 10.5 Å². The number of hydrogen-bond acceptors (Lipinski definition) is 6. The van der Waals surface area contributed by atoms with Crippen LogP contribution in [-0.4, -0.2) is 40.3 Å². The molecule has 0 saturated heterocycles. The van der Waals surface area contributed by atoms with Crippen molar-refractivity contribution in [2.45, 2.75) is 4.90 Å². The largest absolute Gasteiger partial charge is 0.495 e. The number of anilines is 1. The van der Waals surface area contributed by atoms with Gasteiger partial charge in [0.15, 0.2) is 16.4 Å². The first-order chi connectivity index (χ1) is 11.8. The summed E-state index contributed by atoms with van der Waals surface area (Å²) < 4.78 is 32.8. The predicted molar refractivity (Wildman–Crippen MR) is 91.5 cm³/mol. The second-order valence-electron chi connectivity index (χ2n) is 5.12. The molecular formula is C17H17NO6S. The minimum absolute atomic E-state index is 0.0953. The Bertz CT molecular complexity index is 874. The molecule has 2 rings (SSSR count). The molecule has 0 aliphatic heterocycles. The van der Waals surface area contributed by atoms with Crippen molar-refractivity contribution < 1.29 is 27.5 Å². The highest BCUT2D eigenvalue weighted by atomic mass is 32.2. The molecule has 0 atom stereocenters. The summed E-state index contributed by atoms with van der Waals surface area (Å²) >= 11 is 0. The molecule has 0 bridgehead atoms. The van der Waals surface area contributed by atoms with Crippen LogP contribution in [0.5, 0.6) is 5.75 Å². The predicted octanol–water partition coefficient (Wildman–Crippen LogP) is 1.89. The standard InChI is InChI=1S/C17H17NO6S/c1-23-15-6-4-3-5-14(15)18-16(19)11-24-17(20)12-7-9-13(10-8-12)25(2,21)22/h3-10H,11H2,1-2H3,(H,18,19).